The molecule has 17 heavy (non-hydrogen) atoms. The molecule has 1 aromatic carbocycles. The zero-order valence-corrected chi connectivity index (χ0v) is 11.8. The van der Waals surface area contributed by atoms with E-state index >= 15 is 0 Å². The molecule has 0 spiro atoms. The Labute approximate surface area is 115 Å². The summed E-state index contributed by atoms with van der Waals surface area (Å²) in [6.07, 6.45) is 0.154. The first kappa shape index (κ1) is 13.3. The van der Waals surface area contributed by atoms with Crippen LogP contribution in [0.1, 0.15) is 5.56 Å². The number of ether oxygens (including phenoxy) is 2. The van der Waals surface area contributed by atoms with Gasteiger partial charge in [0.1, 0.15) is 0 Å². The van der Waals surface area contributed by atoms with E-state index in [4.69, 9.17) is 21.1 Å². The zero-order valence-electron chi connectivity index (χ0n) is 9.42. The molecule has 0 aliphatic carbocycles. The van der Waals surface area contributed by atoms with Crippen LogP contribution < -0.4 is 5.32 Å². The van der Waals surface area contributed by atoms with Gasteiger partial charge in [0, 0.05) is 22.6 Å². The van der Waals surface area contributed by atoms with Crippen molar-refractivity contribution in [3.63, 3.8) is 0 Å². The molecule has 94 valence electrons. The normalized spacial score (nSPS) is 20.5. The van der Waals surface area contributed by atoms with Crippen molar-refractivity contribution in [2.45, 2.75) is 12.6 Å². The minimum Gasteiger partial charge on any atom is -0.376 e. The summed E-state index contributed by atoms with van der Waals surface area (Å²) in [6.45, 7) is 3.62. The van der Waals surface area contributed by atoms with Gasteiger partial charge in [-0.3, -0.25) is 0 Å². The predicted molar refractivity (Wildman–Crippen MR) is 71.4 cm³/mol. The highest BCUT2D eigenvalue weighted by Crippen LogP contribution is 2.20. The van der Waals surface area contributed by atoms with E-state index in [1.807, 2.05) is 18.2 Å². The lowest BCUT2D eigenvalue weighted by atomic mass is 10.2. The second-order valence-corrected chi connectivity index (χ2v) is 5.23. The van der Waals surface area contributed by atoms with Crippen LogP contribution in [0.15, 0.2) is 22.7 Å². The molecule has 0 amide bonds. The van der Waals surface area contributed by atoms with E-state index in [0.29, 0.717) is 19.8 Å². The van der Waals surface area contributed by atoms with E-state index in [-0.39, 0.29) is 6.10 Å². The molecular formula is C12H15BrClNO2. The lowest BCUT2D eigenvalue weighted by Crippen LogP contribution is -2.37. The Balaban J connectivity index is 1.79. The standard InChI is InChI=1S/C12H15BrClNO2/c13-12-2-1-10(14)5-9(12)6-15-7-11-8-16-3-4-17-11/h1-2,5,11,15H,3-4,6-8H2. The fourth-order valence-corrected chi connectivity index (χ4v) is 2.28. The Morgan fingerprint density at radius 2 is 2.29 bits per heavy atom. The van der Waals surface area contributed by atoms with Gasteiger partial charge < -0.3 is 14.8 Å². The monoisotopic (exact) mass is 319 g/mol. The van der Waals surface area contributed by atoms with Crippen molar-refractivity contribution in [1.29, 1.82) is 0 Å². The number of benzene rings is 1. The van der Waals surface area contributed by atoms with Crippen LogP contribution in [0.4, 0.5) is 0 Å². The van der Waals surface area contributed by atoms with Gasteiger partial charge in [0.05, 0.1) is 25.9 Å². The molecule has 0 saturated carbocycles. The van der Waals surface area contributed by atoms with Crippen molar-refractivity contribution in [2.75, 3.05) is 26.4 Å². The summed E-state index contributed by atoms with van der Waals surface area (Å²) in [5.41, 5.74) is 1.15. The number of hydrogen-bond donors (Lipinski definition) is 1. The van der Waals surface area contributed by atoms with Gasteiger partial charge in [-0.15, -0.1) is 0 Å². The fourth-order valence-electron chi connectivity index (χ4n) is 1.70. The van der Waals surface area contributed by atoms with Crippen molar-refractivity contribution >= 4 is 27.5 Å². The van der Waals surface area contributed by atoms with E-state index in [1.54, 1.807) is 0 Å². The third-order valence-electron chi connectivity index (χ3n) is 2.58. The third-order valence-corrected chi connectivity index (χ3v) is 3.59. The molecule has 1 aromatic rings. The van der Waals surface area contributed by atoms with Crippen molar-refractivity contribution in [1.82, 2.24) is 5.32 Å². The average Bonchev–Trinajstić information content (AvgIpc) is 2.35. The van der Waals surface area contributed by atoms with E-state index < -0.39 is 0 Å². The van der Waals surface area contributed by atoms with Crippen molar-refractivity contribution in [3.8, 4) is 0 Å². The average molecular weight is 321 g/mol. The Kier molecular flexibility index (Phi) is 5.25. The summed E-state index contributed by atoms with van der Waals surface area (Å²) >= 11 is 9.45. The predicted octanol–water partition coefficient (Wildman–Crippen LogP) is 2.61. The van der Waals surface area contributed by atoms with Crippen LogP contribution in [0.5, 0.6) is 0 Å². The minimum atomic E-state index is 0.154. The summed E-state index contributed by atoms with van der Waals surface area (Å²) in [4.78, 5) is 0. The second-order valence-electron chi connectivity index (χ2n) is 3.93. The molecule has 0 radical (unpaired) electrons. The molecule has 0 bridgehead atoms. The van der Waals surface area contributed by atoms with Gasteiger partial charge in [0.2, 0.25) is 0 Å². The molecule has 1 unspecified atom stereocenters. The maximum absolute atomic E-state index is 5.95. The van der Waals surface area contributed by atoms with Crippen molar-refractivity contribution in [2.24, 2.45) is 0 Å². The van der Waals surface area contributed by atoms with E-state index in [9.17, 15) is 0 Å². The first-order valence-electron chi connectivity index (χ1n) is 5.59. The molecule has 1 aliphatic rings. The summed E-state index contributed by atoms with van der Waals surface area (Å²) in [6, 6.07) is 5.78. The molecule has 1 atom stereocenters. The Morgan fingerprint density at radius 3 is 3.06 bits per heavy atom. The summed E-state index contributed by atoms with van der Waals surface area (Å²) in [5, 5.41) is 4.10. The van der Waals surface area contributed by atoms with Gasteiger partial charge in [-0.1, -0.05) is 27.5 Å². The van der Waals surface area contributed by atoms with Crippen molar-refractivity contribution < 1.29 is 9.47 Å². The van der Waals surface area contributed by atoms with E-state index in [0.717, 1.165) is 28.1 Å². The zero-order chi connectivity index (χ0) is 12.1. The highest BCUT2D eigenvalue weighted by molar-refractivity contribution is 9.10. The molecule has 1 fully saturated rings. The summed E-state index contributed by atoms with van der Waals surface area (Å²) in [5.74, 6) is 0. The molecule has 1 heterocycles. The molecule has 1 aliphatic heterocycles. The molecule has 1 N–H and O–H groups in total. The lowest BCUT2D eigenvalue weighted by Gasteiger charge is -2.23. The Bertz CT molecular complexity index is 370. The van der Waals surface area contributed by atoms with Gasteiger partial charge in [-0.25, -0.2) is 0 Å². The van der Waals surface area contributed by atoms with Crippen LogP contribution in [0, 0.1) is 0 Å². The van der Waals surface area contributed by atoms with Gasteiger partial charge >= 0.3 is 0 Å². The van der Waals surface area contributed by atoms with E-state index in [2.05, 4.69) is 21.2 Å². The first-order chi connectivity index (χ1) is 8.25. The van der Waals surface area contributed by atoms with Crippen LogP contribution in [0.3, 0.4) is 0 Å². The van der Waals surface area contributed by atoms with E-state index in [1.165, 1.54) is 0 Å². The summed E-state index contributed by atoms with van der Waals surface area (Å²) < 4.78 is 11.9. The quantitative estimate of drug-likeness (QED) is 0.925. The van der Waals surface area contributed by atoms with Gasteiger partial charge in [-0.05, 0) is 23.8 Å². The van der Waals surface area contributed by atoms with Crippen LogP contribution in [0.2, 0.25) is 5.02 Å². The summed E-state index contributed by atoms with van der Waals surface area (Å²) in [7, 11) is 0. The highest BCUT2D eigenvalue weighted by atomic mass is 79.9. The molecule has 5 heteroatoms. The fraction of sp³-hybridized carbons (Fsp3) is 0.500. The minimum absolute atomic E-state index is 0.154. The van der Waals surface area contributed by atoms with Crippen molar-refractivity contribution in [3.05, 3.63) is 33.3 Å². The van der Waals surface area contributed by atoms with Crippen LogP contribution in [0.25, 0.3) is 0 Å². The SMILES string of the molecule is Clc1ccc(Br)c(CNCC2COCCO2)c1. The Morgan fingerprint density at radius 1 is 1.41 bits per heavy atom. The molecule has 3 nitrogen and oxygen atoms in total. The highest BCUT2D eigenvalue weighted by Gasteiger charge is 2.13. The molecular weight excluding hydrogens is 305 g/mol. The number of rotatable bonds is 4. The lowest BCUT2D eigenvalue weighted by molar-refractivity contribution is -0.0864. The Hall–Kier alpha value is -0.130. The number of nitrogens with one attached hydrogen (secondary N) is 1. The largest absolute Gasteiger partial charge is 0.376 e. The maximum atomic E-state index is 5.95. The van der Waals surface area contributed by atoms with Crippen LogP contribution in [-0.2, 0) is 16.0 Å². The molecule has 0 aromatic heterocycles. The molecule has 1 saturated heterocycles. The van der Waals surface area contributed by atoms with Gasteiger partial charge in [-0.2, -0.15) is 0 Å². The number of hydrogen-bond acceptors (Lipinski definition) is 3. The van der Waals surface area contributed by atoms with Gasteiger partial charge in [0.15, 0.2) is 0 Å². The molecule has 2 rings (SSSR count). The topological polar surface area (TPSA) is 30.5 Å². The van der Waals surface area contributed by atoms with Gasteiger partial charge in [0.25, 0.3) is 0 Å². The third kappa shape index (κ3) is 4.23. The first-order valence-corrected chi connectivity index (χ1v) is 6.77. The van der Waals surface area contributed by atoms with Crippen LogP contribution >= 0.6 is 27.5 Å². The van der Waals surface area contributed by atoms with Crippen LogP contribution in [-0.4, -0.2) is 32.5 Å². The second kappa shape index (κ2) is 6.71. The number of halogens is 2. The smallest absolute Gasteiger partial charge is 0.0933 e. The maximum Gasteiger partial charge on any atom is 0.0933 e.